The van der Waals surface area contributed by atoms with Gasteiger partial charge in [0.15, 0.2) is 5.78 Å². The van der Waals surface area contributed by atoms with E-state index in [9.17, 15) is 4.79 Å². The first kappa shape index (κ1) is 15.6. The van der Waals surface area contributed by atoms with Gasteiger partial charge in [-0.1, -0.05) is 30.3 Å². The van der Waals surface area contributed by atoms with E-state index in [1.165, 1.54) is 4.90 Å². The molecule has 0 spiro atoms. The van der Waals surface area contributed by atoms with Gasteiger partial charge in [0.2, 0.25) is 0 Å². The lowest BCUT2D eigenvalue weighted by molar-refractivity contribution is 0.101. The molecule has 2 rings (SSSR count). The standard InChI is InChI=1S/C18H20O2S/c1-15(19)16-9-11-18(12-10-16)21-14-6-5-13-20-17-7-3-2-4-8-17/h2-4,7-12H,5-6,13-14H2,1H3. The van der Waals surface area contributed by atoms with Crippen LogP contribution in [0.15, 0.2) is 59.5 Å². The fourth-order valence-electron chi connectivity index (χ4n) is 1.89. The third-order valence-corrected chi connectivity index (χ3v) is 4.18. The summed E-state index contributed by atoms with van der Waals surface area (Å²) in [7, 11) is 0. The molecule has 0 unspecified atom stereocenters. The molecule has 2 nitrogen and oxygen atoms in total. The number of para-hydroxylation sites is 1. The predicted molar refractivity (Wildman–Crippen MR) is 88.3 cm³/mol. The van der Waals surface area contributed by atoms with E-state index in [1.54, 1.807) is 6.92 Å². The van der Waals surface area contributed by atoms with E-state index in [0.717, 1.165) is 36.5 Å². The van der Waals surface area contributed by atoms with E-state index >= 15 is 0 Å². The van der Waals surface area contributed by atoms with E-state index < -0.39 is 0 Å². The van der Waals surface area contributed by atoms with Crippen molar-refractivity contribution in [1.29, 1.82) is 0 Å². The Labute approximate surface area is 130 Å². The minimum Gasteiger partial charge on any atom is -0.494 e. The molecule has 0 heterocycles. The fourth-order valence-corrected chi connectivity index (χ4v) is 2.80. The van der Waals surface area contributed by atoms with Crippen LogP contribution in [0, 0.1) is 0 Å². The van der Waals surface area contributed by atoms with Gasteiger partial charge in [-0.25, -0.2) is 0 Å². The molecule has 0 bridgehead atoms. The summed E-state index contributed by atoms with van der Waals surface area (Å²) in [5.74, 6) is 2.12. The lowest BCUT2D eigenvalue weighted by Gasteiger charge is -2.06. The lowest BCUT2D eigenvalue weighted by Crippen LogP contribution is -1.97. The normalized spacial score (nSPS) is 10.3. The second-order valence-corrected chi connectivity index (χ2v) is 5.97. The van der Waals surface area contributed by atoms with Crippen molar-refractivity contribution in [3.05, 3.63) is 60.2 Å². The van der Waals surface area contributed by atoms with E-state index in [1.807, 2.05) is 66.4 Å². The SMILES string of the molecule is CC(=O)c1ccc(SCCCCOc2ccccc2)cc1. The number of benzene rings is 2. The maximum Gasteiger partial charge on any atom is 0.159 e. The van der Waals surface area contributed by atoms with Crippen molar-refractivity contribution in [2.24, 2.45) is 0 Å². The molecule has 110 valence electrons. The molecule has 0 atom stereocenters. The number of thioether (sulfide) groups is 1. The Hall–Kier alpha value is -1.74. The summed E-state index contributed by atoms with van der Waals surface area (Å²) in [4.78, 5) is 12.4. The first-order valence-corrected chi connectivity index (χ1v) is 8.16. The van der Waals surface area contributed by atoms with Gasteiger partial charge in [0.05, 0.1) is 6.61 Å². The van der Waals surface area contributed by atoms with Crippen LogP contribution in [-0.2, 0) is 0 Å². The van der Waals surface area contributed by atoms with Gasteiger partial charge in [-0.2, -0.15) is 0 Å². The number of rotatable bonds is 8. The molecule has 2 aromatic carbocycles. The molecule has 0 radical (unpaired) electrons. The van der Waals surface area contributed by atoms with Gasteiger partial charge in [-0.15, -0.1) is 11.8 Å². The number of ether oxygens (including phenoxy) is 1. The van der Waals surface area contributed by atoms with Crippen molar-refractivity contribution < 1.29 is 9.53 Å². The summed E-state index contributed by atoms with van der Waals surface area (Å²) in [6.07, 6.45) is 2.17. The van der Waals surface area contributed by atoms with Crippen molar-refractivity contribution in [3.63, 3.8) is 0 Å². The highest BCUT2D eigenvalue weighted by molar-refractivity contribution is 7.99. The molecule has 2 aromatic rings. The van der Waals surface area contributed by atoms with Crippen LogP contribution < -0.4 is 4.74 Å². The Kier molecular flexibility index (Phi) is 6.35. The topological polar surface area (TPSA) is 26.3 Å². The second kappa shape index (κ2) is 8.53. The van der Waals surface area contributed by atoms with Crippen LogP contribution in [0.2, 0.25) is 0 Å². The zero-order valence-corrected chi connectivity index (χ0v) is 13.1. The van der Waals surface area contributed by atoms with Gasteiger partial charge in [0.1, 0.15) is 5.75 Å². The monoisotopic (exact) mass is 300 g/mol. The Balaban J connectivity index is 1.60. The predicted octanol–water partition coefficient (Wildman–Crippen LogP) is 4.84. The van der Waals surface area contributed by atoms with Crippen LogP contribution in [0.25, 0.3) is 0 Å². The third-order valence-electron chi connectivity index (χ3n) is 3.08. The number of hydrogen-bond acceptors (Lipinski definition) is 3. The summed E-state index contributed by atoms with van der Waals surface area (Å²) < 4.78 is 5.65. The Morgan fingerprint density at radius 1 is 1.00 bits per heavy atom. The molecule has 0 amide bonds. The van der Waals surface area contributed by atoms with Gasteiger partial charge in [0, 0.05) is 10.5 Å². The average Bonchev–Trinajstić information content (AvgIpc) is 2.52. The van der Waals surface area contributed by atoms with E-state index in [-0.39, 0.29) is 5.78 Å². The number of Topliss-reactive ketones (excluding diaryl/α,β-unsaturated/α-hetero) is 1. The zero-order valence-electron chi connectivity index (χ0n) is 12.2. The van der Waals surface area contributed by atoms with E-state index in [0.29, 0.717) is 0 Å². The molecule has 3 heteroatoms. The third kappa shape index (κ3) is 5.64. The molecule has 0 aliphatic carbocycles. The van der Waals surface area contributed by atoms with Gasteiger partial charge in [-0.3, -0.25) is 4.79 Å². The Bertz CT molecular complexity index is 549. The molecule has 0 N–H and O–H groups in total. The number of carbonyl (C=O) groups is 1. The summed E-state index contributed by atoms with van der Waals surface area (Å²) in [6.45, 7) is 2.35. The first-order chi connectivity index (χ1) is 10.3. The number of unbranched alkanes of at least 4 members (excludes halogenated alkanes) is 1. The molecular weight excluding hydrogens is 280 g/mol. The second-order valence-electron chi connectivity index (χ2n) is 4.80. The molecule has 0 saturated carbocycles. The molecule has 0 aliphatic rings. The lowest BCUT2D eigenvalue weighted by atomic mass is 10.2. The summed E-state index contributed by atoms with van der Waals surface area (Å²) in [5.41, 5.74) is 0.774. The van der Waals surface area contributed by atoms with Crippen LogP contribution in [0.1, 0.15) is 30.1 Å². The van der Waals surface area contributed by atoms with Gasteiger partial charge in [-0.05, 0) is 49.8 Å². The van der Waals surface area contributed by atoms with E-state index in [4.69, 9.17) is 4.74 Å². The van der Waals surface area contributed by atoms with Crippen molar-refractivity contribution in [2.75, 3.05) is 12.4 Å². The zero-order chi connectivity index (χ0) is 14.9. The highest BCUT2D eigenvalue weighted by Gasteiger charge is 1.99. The van der Waals surface area contributed by atoms with Crippen LogP contribution in [0.5, 0.6) is 5.75 Å². The summed E-state index contributed by atoms with van der Waals surface area (Å²) >= 11 is 1.82. The Morgan fingerprint density at radius 3 is 2.38 bits per heavy atom. The molecule has 0 aromatic heterocycles. The van der Waals surface area contributed by atoms with Crippen molar-refractivity contribution >= 4 is 17.5 Å². The average molecular weight is 300 g/mol. The van der Waals surface area contributed by atoms with Crippen LogP contribution >= 0.6 is 11.8 Å². The number of ketones is 1. The highest BCUT2D eigenvalue weighted by atomic mass is 32.2. The molecule has 0 fully saturated rings. The number of carbonyl (C=O) groups excluding carboxylic acids is 1. The Morgan fingerprint density at radius 2 is 1.71 bits per heavy atom. The smallest absolute Gasteiger partial charge is 0.159 e. The van der Waals surface area contributed by atoms with Crippen molar-refractivity contribution in [1.82, 2.24) is 0 Å². The largest absolute Gasteiger partial charge is 0.494 e. The quantitative estimate of drug-likeness (QED) is 0.396. The van der Waals surface area contributed by atoms with Crippen LogP contribution in [0.4, 0.5) is 0 Å². The molecular formula is C18H20O2S. The first-order valence-electron chi connectivity index (χ1n) is 7.17. The molecule has 0 aliphatic heterocycles. The molecule has 21 heavy (non-hydrogen) atoms. The maximum atomic E-state index is 11.2. The maximum absolute atomic E-state index is 11.2. The molecule has 0 saturated heterocycles. The minimum absolute atomic E-state index is 0.115. The van der Waals surface area contributed by atoms with Gasteiger partial charge >= 0.3 is 0 Å². The number of hydrogen-bond donors (Lipinski definition) is 0. The van der Waals surface area contributed by atoms with Gasteiger partial charge < -0.3 is 4.74 Å². The van der Waals surface area contributed by atoms with Gasteiger partial charge in [0.25, 0.3) is 0 Å². The fraction of sp³-hybridized carbons (Fsp3) is 0.278. The summed E-state index contributed by atoms with van der Waals surface area (Å²) in [6, 6.07) is 17.7. The van der Waals surface area contributed by atoms with Crippen LogP contribution in [-0.4, -0.2) is 18.1 Å². The van der Waals surface area contributed by atoms with E-state index in [2.05, 4.69) is 0 Å². The minimum atomic E-state index is 0.115. The summed E-state index contributed by atoms with van der Waals surface area (Å²) in [5, 5.41) is 0. The van der Waals surface area contributed by atoms with Crippen LogP contribution in [0.3, 0.4) is 0 Å². The highest BCUT2D eigenvalue weighted by Crippen LogP contribution is 2.20. The van der Waals surface area contributed by atoms with Crippen molar-refractivity contribution in [2.45, 2.75) is 24.7 Å². The van der Waals surface area contributed by atoms with Crippen molar-refractivity contribution in [3.8, 4) is 5.75 Å².